The molecule has 0 saturated carbocycles. The summed E-state index contributed by atoms with van der Waals surface area (Å²) < 4.78 is 0. The lowest BCUT2D eigenvalue weighted by molar-refractivity contribution is -0.140. The zero-order valence-corrected chi connectivity index (χ0v) is 22.8. The van der Waals surface area contributed by atoms with Gasteiger partial charge in [-0.3, -0.25) is 29.5 Å². The molecule has 0 radical (unpaired) electrons. The molecule has 0 aliphatic carbocycles. The standard InChI is InChI=1S/C26H30N8O8/c1-13(35)3-8-17(27-2)23(39)33-26-32-21-20(24(40)34-26)30-16(12-29-21)11-28-15-6-4-14(5-7-15)22(38)31-18(25(41)42)9-10-19(36)37/h4-7,12,17-18,27-28H,3,8-11H2,1-2H3,(H,31,38)(H,36,37)(H,41,42)(H2,29,32,33,34,39,40). The van der Waals surface area contributed by atoms with Gasteiger partial charge in [0.1, 0.15) is 11.8 Å². The maximum Gasteiger partial charge on any atom is 0.326 e. The molecule has 16 nitrogen and oxygen atoms in total. The molecule has 1 aromatic carbocycles. The molecule has 42 heavy (non-hydrogen) atoms. The van der Waals surface area contributed by atoms with Gasteiger partial charge in [-0.2, -0.15) is 4.98 Å². The summed E-state index contributed by atoms with van der Waals surface area (Å²) in [6.45, 7) is 1.59. The number of carbonyl (C=O) groups excluding carboxylic acids is 3. The number of hydrogen-bond donors (Lipinski definition) is 7. The van der Waals surface area contributed by atoms with E-state index in [1.54, 1.807) is 19.2 Å². The van der Waals surface area contributed by atoms with Crippen molar-refractivity contribution in [3.8, 4) is 0 Å². The van der Waals surface area contributed by atoms with Crippen LogP contribution in [-0.4, -0.2) is 78.8 Å². The number of nitrogens with one attached hydrogen (secondary N) is 5. The van der Waals surface area contributed by atoms with E-state index in [2.05, 4.69) is 41.2 Å². The van der Waals surface area contributed by atoms with Crippen LogP contribution in [0.3, 0.4) is 0 Å². The molecule has 2 atom stereocenters. The van der Waals surface area contributed by atoms with E-state index in [0.29, 0.717) is 11.4 Å². The summed E-state index contributed by atoms with van der Waals surface area (Å²) in [5.41, 5.74) is 0.511. The van der Waals surface area contributed by atoms with Gasteiger partial charge in [0.05, 0.1) is 24.5 Å². The Hall–Kier alpha value is -5.25. The van der Waals surface area contributed by atoms with Crippen LogP contribution in [0.1, 0.15) is 48.7 Å². The first-order chi connectivity index (χ1) is 20.0. The van der Waals surface area contributed by atoms with Crippen LogP contribution in [0.5, 0.6) is 0 Å². The Morgan fingerprint density at radius 2 is 1.67 bits per heavy atom. The van der Waals surface area contributed by atoms with Gasteiger partial charge in [0.15, 0.2) is 11.2 Å². The molecule has 2 heterocycles. The lowest BCUT2D eigenvalue weighted by Crippen LogP contribution is -2.41. The highest BCUT2D eigenvalue weighted by atomic mass is 16.4. The molecule has 0 aliphatic heterocycles. The predicted molar refractivity (Wildman–Crippen MR) is 149 cm³/mol. The van der Waals surface area contributed by atoms with Crippen LogP contribution in [0.2, 0.25) is 0 Å². The molecule has 0 saturated heterocycles. The van der Waals surface area contributed by atoms with Gasteiger partial charge in [-0.1, -0.05) is 0 Å². The molecular weight excluding hydrogens is 552 g/mol. The molecule has 0 bridgehead atoms. The Labute approximate surface area is 238 Å². The predicted octanol–water partition coefficient (Wildman–Crippen LogP) is 0.269. The van der Waals surface area contributed by atoms with Crippen molar-refractivity contribution in [1.29, 1.82) is 0 Å². The number of amides is 2. The minimum absolute atomic E-state index is 0.0147. The van der Waals surface area contributed by atoms with Crippen LogP contribution in [-0.2, 0) is 25.7 Å². The second kappa shape index (κ2) is 14.4. The van der Waals surface area contributed by atoms with Crippen molar-refractivity contribution in [3.63, 3.8) is 0 Å². The second-order valence-corrected chi connectivity index (χ2v) is 9.25. The largest absolute Gasteiger partial charge is 0.481 e. The summed E-state index contributed by atoms with van der Waals surface area (Å²) in [7, 11) is 1.58. The summed E-state index contributed by atoms with van der Waals surface area (Å²) >= 11 is 0. The number of aromatic amines is 1. The average Bonchev–Trinajstić information content (AvgIpc) is 2.94. The number of hydrogen-bond acceptors (Lipinski definition) is 11. The first-order valence-corrected chi connectivity index (χ1v) is 12.8. The van der Waals surface area contributed by atoms with E-state index >= 15 is 0 Å². The number of nitrogens with zero attached hydrogens (tertiary/aromatic N) is 3. The molecule has 7 N–H and O–H groups in total. The molecule has 222 valence electrons. The minimum atomic E-state index is -1.34. The van der Waals surface area contributed by atoms with E-state index in [1.807, 2.05) is 0 Å². The van der Waals surface area contributed by atoms with Gasteiger partial charge in [-0.25, -0.2) is 14.8 Å². The van der Waals surface area contributed by atoms with Crippen LogP contribution >= 0.6 is 0 Å². The number of aromatic nitrogens is 4. The third-order valence-corrected chi connectivity index (χ3v) is 6.03. The van der Waals surface area contributed by atoms with E-state index in [-0.39, 0.29) is 54.3 Å². The highest BCUT2D eigenvalue weighted by molar-refractivity contribution is 5.97. The minimum Gasteiger partial charge on any atom is -0.481 e. The normalized spacial score (nSPS) is 12.2. The van der Waals surface area contributed by atoms with Crippen LogP contribution in [0, 0.1) is 0 Å². The third-order valence-electron chi connectivity index (χ3n) is 6.03. The summed E-state index contributed by atoms with van der Waals surface area (Å²) in [4.78, 5) is 85.8. The van der Waals surface area contributed by atoms with Gasteiger partial charge < -0.3 is 31.0 Å². The number of ketones is 1. The third kappa shape index (κ3) is 8.88. The SMILES string of the molecule is CNC(CCC(C)=O)C(=O)Nc1nc2ncc(CNc3ccc(C(=O)NC(CCC(=O)O)C(=O)O)cc3)nc2c(=O)[nH]1. The number of carboxylic acid groups (broad SMARTS) is 2. The molecule has 0 aliphatic rings. The Kier molecular flexibility index (Phi) is 10.7. The van der Waals surface area contributed by atoms with Crippen molar-refractivity contribution in [2.75, 3.05) is 17.7 Å². The number of fused-ring (bicyclic) bond motifs is 1. The molecule has 2 unspecified atom stereocenters. The van der Waals surface area contributed by atoms with Crippen molar-refractivity contribution in [2.24, 2.45) is 0 Å². The van der Waals surface area contributed by atoms with Crippen LogP contribution in [0.25, 0.3) is 11.2 Å². The first-order valence-electron chi connectivity index (χ1n) is 12.8. The van der Waals surface area contributed by atoms with Crippen LogP contribution in [0.4, 0.5) is 11.6 Å². The Balaban J connectivity index is 1.62. The first kappa shape index (κ1) is 31.3. The topological polar surface area (TPSA) is 245 Å². The monoisotopic (exact) mass is 582 g/mol. The van der Waals surface area contributed by atoms with Gasteiger partial charge in [-0.15, -0.1) is 0 Å². The zero-order valence-electron chi connectivity index (χ0n) is 22.8. The van der Waals surface area contributed by atoms with E-state index in [4.69, 9.17) is 5.11 Å². The van der Waals surface area contributed by atoms with Crippen molar-refractivity contribution < 1.29 is 34.2 Å². The number of Topliss-reactive ketones (excluding diaryl/α,β-unsaturated/α-hetero) is 1. The Bertz CT molecular complexity index is 1540. The number of H-pyrrole nitrogens is 1. The lowest BCUT2D eigenvalue weighted by Gasteiger charge is -2.14. The Morgan fingerprint density at radius 1 is 0.976 bits per heavy atom. The molecule has 2 aromatic heterocycles. The number of carbonyl (C=O) groups is 5. The van der Waals surface area contributed by atoms with E-state index in [0.717, 1.165) is 0 Å². The number of benzene rings is 1. The van der Waals surface area contributed by atoms with Crippen molar-refractivity contribution >= 4 is 52.3 Å². The Morgan fingerprint density at radius 3 is 2.29 bits per heavy atom. The zero-order chi connectivity index (χ0) is 30.8. The quantitative estimate of drug-likeness (QED) is 0.127. The summed E-state index contributed by atoms with van der Waals surface area (Å²) in [5.74, 6) is -3.81. The van der Waals surface area contributed by atoms with Crippen molar-refractivity contribution in [1.82, 2.24) is 30.6 Å². The molecule has 3 rings (SSSR count). The summed E-state index contributed by atoms with van der Waals surface area (Å²) in [5, 5.41) is 28.7. The number of anilines is 2. The smallest absolute Gasteiger partial charge is 0.326 e. The van der Waals surface area contributed by atoms with Gasteiger partial charge in [0.25, 0.3) is 11.5 Å². The second-order valence-electron chi connectivity index (χ2n) is 9.25. The fraction of sp³-hybridized carbons (Fsp3) is 0.346. The highest BCUT2D eigenvalue weighted by Gasteiger charge is 2.22. The van der Waals surface area contributed by atoms with Crippen molar-refractivity contribution in [3.05, 3.63) is 52.1 Å². The molecule has 0 fully saturated rings. The van der Waals surface area contributed by atoms with Gasteiger partial charge in [0.2, 0.25) is 11.9 Å². The summed E-state index contributed by atoms with van der Waals surface area (Å²) in [6, 6.07) is 4.07. The fourth-order valence-electron chi connectivity index (χ4n) is 3.76. The molecule has 3 aromatic rings. The maximum atomic E-state index is 12.6. The number of rotatable bonds is 15. The van der Waals surface area contributed by atoms with E-state index in [1.165, 1.54) is 25.3 Å². The number of likely N-dealkylation sites (N-methyl/N-ethyl adjacent to an activating group) is 1. The lowest BCUT2D eigenvalue weighted by atomic mass is 10.1. The molecule has 16 heteroatoms. The summed E-state index contributed by atoms with van der Waals surface area (Å²) in [6.07, 6.45) is 1.24. The molecular formula is C26H30N8O8. The highest BCUT2D eigenvalue weighted by Crippen LogP contribution is 2.13. The van der Waals surface area contributed by atoms with Crippen LogP contribution < -0.4 is 26.8 Å². The van der Waals surface area contributed by atoms with Gasteiger partial charge in [-0.05, 0) is 51.1 Å². The van der Waals surface area contributed by atoms with Crippen molar-refractivity contribution in [2.45, 2.75) is 51.2 Å². The van der Waals surface area contributed by atoms with E-state index < -0.39 is 47.8 Å². The maximum absolute atomic E-state index is 12.6. The molecule has 2 amide bonds. The van der Waals surface area contributed by atoms with E-state index in [9.17, 15) is 33.9 Å². The molecule has 0 spiro atoms. The van der Waals surface area contributed by atoms with Gasteiger partial charge in [0, 0.05) is 24.1 Å². The fourth-order valence-corrected chi connectivity index (χ4v) is 3.76. The van der Waals surface area contributed by atoms with Gasteiger partial charge >= 0.3 is 11.9 Å². The number of carboxylic acids is 2. The van der Waals surface area contributed by atoms with Crippen LogP contribution in [0.15, 0.2) is 35.3 Å². The number of aliphatic carboxylic acids is 2. The average molecular weight is 583 g/mol.